The zero-order valence-electron chi connectivity index (χ0n) is 14.1. The van der Waals surface area contributed by atoms with E-state index in [9.17, 15) is 9.18 Å². The van der Waals surface area contributed by atoms with E-state index in [0.29, 0.717) is 19.0 Å². The maximum Gasteiger partial charge on any atom is 0.317 e. The minimum atomic E-state index is -0.464. The van der Waals surface area contributed by atoms with E-state index in [1.165, 1.54) is 17.7 Å². The summed E-state index contributed by atoms with van der Waals surface area (Å²) >= 11 is 5.74. The Balaban J connectivity index is 1.88. The quantitative estimate of drug-likeness (QED) is 0.815. The van der Waals surface area contributed by atoms with Gasteiger partial charge in [0.1, 0.15) is 5.82 Å². The Labute approximate surface area is 147 Å². The van der Waals surface area contributed by atoms with Crippen LogP contribution in [0.2, 0.25) is 5.02 Å². The van der Waals surface area contributed by atoms with Crippen LogP contribution in [0.5, 0.6) is 0 Å². The summed E-state index contributed by atoms with van der Waals surface area (Å²) in [5.41, 5.74) is 3.10. The number of amides is 2. The molecule has 0 saturated carbocycles. The second-order valence-corrected chi connectivity index (χ2v) is 6.57. The summed E-state index contributed by atoms with van der Waals surface area (Å²) in [6, 6.07) is 12.5. The maximum atomic E-state index is 13.1. The third-order valence-corrected chi connectivity index (χ3v) is 4.13. The van der Waals surface area contributed by atoms with Crippen LogP contribution >= 0.6 is 11.6 Å². The van der Waals surface area contributed by atoms with Gasteiger partial charge >= 0.3 is 6.03 Å². The van der Waals surface area contributed by atoms with Crippen molar-refractivity contribution in [2.75, 3.05) is 7.05 Å². The van der Waals surface area contributed by atoms with Gasteiger partial charge in [0.2, 0.25) is 0 Å². The van der Waals surface area contributed by atoms with Gasteiger partial charge in [-0.2, -0.15) is 0 Å². The molecule has 2 rings (SSSR count). The number of nitrogens with one attached hydrogen (secondary N) is 1. The van der Waals surface area contributed by atoms with Crippen LogP contribution in [0.3, 0.4) is 0 Å². The van der Waals surface area contributed by atoms with Gasteiger partial charge in [0, 0.05) is 20.1 Å². The van der Waals surface area contributed by atoms with Crippen LogP contribution in [0.1, 0.15) is 36.5 Å². The van der Waals surface area contributed by atoms with E-state index in [0.717, 1.165) is 11.1 Å². The van der Waals surface area contributed by atoms with Crippen molar-refractivity contribution in [3.05, 3.63) is 70.0 Å². The molecule has 0 atom stereocenters. The van der Waals surface area contributed by atoms with E-state index in [-0.39, 0.29) is 11.1 Å². The molecule has 5 heteroatoms. The van der Waals surface area contributed by atoms with Crippen molar-refractivity contribution < 1.29 is 9.18 Å². The average molecular weight is 349 g/mol. The molecule has 0 aliphatic carbocycles. The van der Waals surface area contributed by atoms with Crippen LogP contribution in [0, 0.1) is 5.82 Å². The van der Waals surface area contributed by atoms with Crippen molar-refractivity contribution >= 4 is 17.6 Å². The van der Waals surface area contributed by atoms with Crippen molar-refractivity contribution in [3.8, 4) is 0 Å². The maximum absolute atomic E-state index is 13.1. The van der Waals surface area contributed by atoms with Crippen molar-refractivity contribution in [1.29, 1.82) is 0 Å². The topological polar surface area (TPSA) is 32.3 Å². The highest BCUT2D eigenvalue weighted by Gasteiger charge is 2.10. The number of benzene rings is 2. The van der Waals surface area contributed by atoms with E-state index < -0.39 is 5.82 Å². The fraction of sp³-hybridized carbons (Fsp3) is 0.316. The number of urea groups is 1. The highest BCUT2D eigenvalue weighted by atomic mass is 35.5. The molecular weight excluding hydrogens is 327 g/mol. The van der Waals surface area contributed by atoms with Crippen LogP contribution in [0.25, 0.3) is 0 Å². The molecule has 24 heavy (non-hydrogen) atoms. The monoisotopic (exact) mass is 348 g/mol. The second kappa shape index (κ2) is 8.15. The summed E-state index contributed by atoms with van der Waals surface area (Å²) in [6.07, 6.45) is 0. The van der Waals surface area contributed by atoms with E-state index in [4.69, 9.17) is 11.6 Å². The third kappa shape index (κ3) is 4.96. The van der Waals surface area contributed by atoms with Crippen LogP contribution in [-0.4, -0.2) is 18.0 Å². The number of carbonyl (C=O) groups is 1. The summed E-state index contributed by atoms with van der Waals surface area (Å²) in [4.78, 5) is 13.8. The molecule has 0 radical (unpaired) electrons. The zero-order chi connectivity index (χ0) is 17.7. The standard InChI is InChI=1S/C19H22ClFN2O/c1-13(2)16-7-4-14(5-8-16)12-23(3)19(24)22-11-15-6-9-18(21)17(20)10-15/h4-10,13H,11-12H2,1-3H3,(H,22,24). The molecular formula is C19H22ClFN2O. The Morgan fingerprint density at radius 1 is 1.17 bits per heavy atom. The van der Waals surface area contributed by atoms with E-state index in [1.54, 1.807) is 18.0 Å². The zero-order valence-corrected chi connectivity index (χ0v) is 14.9. The molecule has 3 nitrogen and oxygen atoms in total. The minimum Gasteiger partial charge on any atom is -0.334 e. The molecule has 0 fully saturated rings. The van der Waals surface area contributed by atoms with E-state index in [2.05, 4.69) is 31.3 Å². The summed E-state index contributed by atoms with van der Waals surface area (Å²) in [5, 5.41) is 2.86. The number of rotatable bonds is 5. The number of nitrogens with zero attached hydrogens (tertiary/aromatic N) is 1. The lowest BCUT2D eigenvalue weighted by molar-refractivity contribution is 0.206. The average Bonchev–Trinajstić information content (AvgIpc) is 2.56. The van der Waals surface area contributed by atoms with Crippen LogP contribution in [-0.2, 0) is 13.1 Å². The molecule has 0 spiro atoms. The first-order valence-corrected chi connectivity index (χ1v) is 8.26. The lowest BCUT2D eigenvalue weighted by atomic mass is 10.0. The van der Waals surface area contributed by atoms with Crippen molar-refractivity contribution in [3.63, 3.8) is 0 Å². The molecule has 0 bridgehead atoms. The van der Waals surface area contributed by atoms with Gasteiger partial charge in [0.05, 0.1) is 5.02 Å². The lowest BCUT2D eigenvalue weighted by Crippen LogP contribution is -2.36. The van der Waals surface area contributed by atoms with Gasteiger partial charge in [-0.25, -0.2) is 9.18 Å². The lowest BCUT2D eigenvalue weighted by Gasteiger charge is -2.18. The first-order chi connectivity index (χ1) is 11.4. The van der Waals surface area contributed by atoms with Crippen molar-refractivity contribution in [2.24, 2.45) is 0 Å². The molecule has 0 aliphatic heterocycles. The fourth-order valence-corrected chi connectivity index (χ4v) is 2.52. The first kappa shape index (κ1) is 18.3. The highest BCUT2D eigenvalue weighted by molar-refractivity contribution is 6.30. The second-order valence-electron chi connectivity index (χ2n) is 6.16. The number of halogens is 2. The highest BCUT2D eigenvalue weighted by Crippen LogP contribution is 2.17. The van der Waals surface area contributed by atoms with E-state index in [1.807, 2.05) is 12.1 Å². The largest absolute Gasteiger partial charge is 0.334 e. The molecule has 0 aromatic heterocycles. The number of hydrogen-bond acceptors (Lipinski definition) is 1. The summed E-state index contributed by atoms with van der Waals surface area (Å²) < 4.78 is 13.1. The van der Waals surface area contributed by atoms with Gasteiger partial charge in [-0.3, -0.25) is 0 Å². The molecule has 0 aliphatic rings. The molecule has 2 aromatic rings. The Morgan fingerprint density at radius 2 is 1.79 bits per heavy atom. The van der Waals surface area contributed by atoms with Crippen molar-refractivity contribution in [2.45, 2.75) is 32.9 Å². The molecule has 2 amide bonds. The Morgan fingerprint density at radius 3 is 2.38 bits per heavy atom. The Kier molecular flexibility index (Phi) is 6.21. The smallest absolute Gasteiger partial charge is 0.317 e. The van der Waals surface area contributed by atoms with Crippen molar-refractivity contribution in [1.82, 2.24) is 10.2 Å². The number of carbonyl (C=O) groups excluding carboxylic acids is 1. The molecule has 0 heterocycles. The van der Waals surface area contributed by atoms with Gasteiger partial charge in [-0.15, -0.1) is 0 Å². The predicted octanol–water partition coefficient (Wildman–Crippen LogP) is 4.94. The van der Waals surface area contributed by atoms with E-state index >= 15 is 0 Å². The first-order valence-electron chi connectivity index (χ1n) is 7.88. The van der Waals surface area contributed by atoms with Gasteiger partial charge in [0.25, 0.3) is 0 Å². The van der Waals surface area contributed by atoms with Gasteiger partial charge < -0.3 is 10.2 Å². The molecule has 128 valence electrons. The minimum absolute atomic E-state index is 0.0559. The summed E-state index contributed by atoms with van der Waals surface area (Å²) in [5.74, 6) is 0.0244. The molecule has 0 unspecified atom stereocenters. The SMILES string of the molecule is CC(C)c1ccc(CN(C)C(=O)NCc2ccc(F)c(Cl)c2)cc1. The fourth-order valence-electron chi connectivity index (χ4n) is 2.32. The number of hydrogen-bond donors (Lipinski definition) is 1. The van der Waals surface area contributed by atoms with Gasteiger partial charge in [0.15, 0.2) is 0 Å². The normalized spacial score (nSPS) is 10.8. The Hall–Kier alpha value is -2.07. The summed E-state index contributed by atoms with van der Waals surface area (Å²) in [6.45, 7) is 5.12. The molecule has 1 N–H and O–H groups in total. The molecule has 0 saturated heterocycles. The van der Waals surface area contributed by atoms with Gasteiger partial charge in [-0.05, 0) is 34.7 Å². The molecule has 2 aromatic carbocycles. The van der Waals surface area contributed by atoms with Crippen LogP contribution in [0.4, 0.5) is 9.18 Å². The Bertz CT molecular complexity index is 701. The predicted molar refractivity (Wildman–Crippen MR) is 95.6 cm³/mol. The van der Waals surface area contributed by atoms with Crippen LogP contribution in [0.15, 0.2) is 42.5 Å². The van der Waals surface area contributed by atoms with Gasteiger partial charge in [-0.1, -0.05) is 55.8 Å². The third-order valence-electron chi connectivity index (χ3n) is 3.84. The summed E-state index contributed by atoms with van der Waals surface area (Å²) in [7, 11) is 1.74. The van der Waals surface area contributed by atoms with Crippen LogP contribution < -0.4 is 5.32 Å².